The number of aliphatic imine (C=N–C) groups is 1. The number of ether oxygens (including phenoxy) is 1. The molecule has 0 radical (unpaired) electrons. The zero-order chi connectivity index (χ0) is 22.5. The minimum Gasteiger partial charge on any atom is -0.458 e. The van der Waals surface area contributed by atoms with Crippen molar-refractivity contribution in [2.24, 2.45) is 4.99 Å². The molecular formula is C23H26ClN3O3S. The highest BCUT2D eigenvalue weighted by atomic mass is 35.5. The molecule has 2 atom stereocenters. The zero-order valence-electron chi connectivity index (χ0n) is 17.9. The first kappa shape index (κ1) is 23.2. The van der Waals surface area contributed by atoms with Gasteiger partial charge in [-0.25, -0.2) is 9.79 Å². The Hall–Kier alpha value is -2.51. The maximum Gasteiger partial charge on any atom is 0.338 e. The van der Waals surface area contributed by atoms with Crippen molar-refractivity contribution in [2.45, 2.75) is 45.7 Å². The van der Waals surface area contributed by atoms with Crippen LogP contribution in [-0.4, -0.2) is 34.6 Å². The highest BCUT2D eigenvalue weighted by Crippen LogP contribution is 2.46. The van der Waals surface area contributed by atoms with Gasteiger partial charge < -0.3 is 15.0 Å². The number of esters is 1. The number of amides is 1. The molecule has 0 saturated heterocycles. The lowest BCUT2D eigenvalue weighted by molar-refractivity contribution is -0.138. The van der Waals surface area contributed by atoms with E-state index in [4.69, 9.17) is 16.3 Å². The number of amidine groups is 1. The highest BCUT2D eigenvalue weighted by molar-refractivity contribution is 8.16. The Morgan fingerprint density at radius 1 is 1.42 bits per heavy atom. The van der Waals surface area contributed by atoms with E-state index in [2.05, 4.69) is 16.9 Å². The van der Waals surface area contributed by atoms with Gasteiger partial charge >= 0.3 is 5.97 Å². The molecule has 2 heterocycles. The minimum atomic E-state index is -0.545. The fourth-order valence-corrected chi connectivity index (χ4v) is 4.63. The van der Waals surface area contributed by atoms with Gasteiger partial charge in [0.2, 0.25) is 5.91 Å². The van der Waals surface area contributed by atoms with Gasteiger partial charge in [-0.2, -0.15) is 0 Å². The molecule has 1 N–H and O–H groups in total. The molecule has 0 spiro atoms. The lowest BCUT2D eigenvalue weighted by Crippen LogP contribution is -2.39. The number of halogens is 1. The number of carbonyl (C=O) groups is 2. The number of rotatable bonds is 8. The molecule has 2 aliphatic heterocycles. The molecule has 0 bridgehead atoms. The topological polar surface area (TPSA) is 71.0 Å². The van der Waals surface area contributed by atoms with Gasteiger partial charge in [0.1, 0.15) is 6.61 Å². The first-order valence-electron chi connectivity index (χ1n) is 10.1. The van der Waals surface area contributed by atoms with Gasteiger partial charge in [-0.1, -0.05) is 61.1 Å². The molecule has 2 aliphatic rings. The number of benzene rings is 1. The second-order valence-corrected chi connectivity index (χ2v) is 8.60. The van der Waals surface area contributed by atoms with Gasteiger partial charge in [-0.3, -0.25) is 4.79 Å². The first-order valence-corrected chi connectivity index (χ1v) is 11.4. The number of hydrogen-bond donors (Lipinski definition) is 1. The van der Waals surface area contributed by atoms with Gasteiger partial charge in [0.25, 0.3) is 0 Å². The van der Waals surface area contributed by atoms with Crippen molar-refractivity contribution in [2.75, 3.05) is 6.61 Å². The minimum absolute atomic E-state index is 0.0811. The van der Waals surface area contributed by atoms with Crippen LogP contribution >= 0.6 is 23.4 Å². The molecule has 3 rings (SSSR count). The lowest BCUT2D eigenvalue weighted by atomic mass is 9.93. The Morgan fingerprint density at radius 3 is 2.84 bits per heavy atom. The summed E-state index contributed by atoms with van der Waals surface area (Å²) in [6.07, 6.45) is 2.54. The van der Waals surface area contributed by atoms with Crippen LogP contribution in [0.4, 0.5) is 0 Å². The summed E-state index contributed by atoms with van der Waals surface area (Å²) in [5, 5.41) is 6.13. The van der Waals surface area contributed by atoms with Gasteiger partial charge in [-0.15, -0.1) is 0 Å². The standard InChI is InChI=1S/C23H26ClN3O3S/c1-5-11-30-22(29)20-15(4)26-23-27(21(20)17-9-7-8-10-18(17)24)16(13-31-23)12-19(28)25-14(3)6-2/h5,7-10,13-14,21H,1,6,11-12H2,2-4H3,(H,25,28)/t14-,21+/m1/s1. The third kappa shape index (κ3) is 5.05. The predicted molar refractivity (Wildman–Crippen MR) is 126 cm³/mol. The van der Waals surface area contributed by atoms with Crippen molar-refractivity contribution in [1.82, 2.24) is 10.2 Å². The third-order valence-corrected chi connectivity index (χ3v) is 6.35. The summed E-state index contributed by atoms with van der Waals surface area (Å²) in [5.74, 6) is -0.562. The van der Waals surface area contributed by atoms with E-state index in [-0.39, 0.29) is 25.0 Å². The average Bonchev–Trinajstić information content (AvgIpc) is 3.13. The van der Waals surface area contributed by atoms with Gasteiger partial charge in [0.15, 0.2) is 5.17 Å². The largest absolute Gasteiger partial charge is 0.458 e. The second kappa shape index (κ2) is 10.2. The Morgan fingerprint density at radius 2 is 2.16 bits per heavy atom. The van der Waals surface area contributed by atoms with Crippen molar-refractivity contribution in [3.8, 4) is 0 Å². The first-order chi connectivity index (χ1) is 14.9. The molecule has 0 aliphatic carbocycles. The maximum atomic E-state index is 13.0. The number of thioether (sulfide) groups is 1. The van der Waals surface area contributed by atoms with Crippen LogP contribution in [0.1, 0.15) is 45.2 Å². The van der Waals surface area contributed by atoms with E-state index in [1.807, 2.05) is 42.4 Å². The SMILES string of the molecule is C=CCOC(=O)C1=C(C)N=C2SC=C(CC(=O)N[C@H](C)CC)N2[C@H]1c1ccccc1Cl. The quantitative estimate of drug-likeness (QED) is 0.440. The maximum absolute atomic E-state index is 13.0. The van der Waals surface area contributed by atoms with E-state index in [0.29, 0.717) is 21.5 Å². The van der Waals surface area contributed by atoms with Crippen molar-refractivity contribution in [1.29, 1.82) is 0 Å². The van der Waals surface area contributed by atoms with Crippen LogP contribution < -0.4 is 5.32 Å². The van der Waals surface area contributed by atoms with Crippen LogP contribution in [0.2, 0.25) is 5.02 Å². The van der Waals surface area contributed by atoms with E-state index in [9.17, 15) is 9.59 Å². The number of hydrogen-bond acceptors (Lipinski definition) is 6. The van der Waals surface area contributed by atoms with Crippen LogP contribution in [0.15, 0.2) is 64.3 Å². The van der Waals surface area contributed by atoms with E-state index < -0.39 is 12.0 Å². The van der Waals surface area contributed by atoms with Gasteiger partial charge in [-0.05, 0) is 37.3 Å². The van der Waals surface area contributed by atoms with Crippen LogP contribution in [-0.2, 0) is 14.3 Å². The molecule has 164 valence electrons. The summed E-state index contributed by atoms with van der Waals surface area (Å²) in [7, 11) is 0. The lowest BCUT2D eigenvalue weighted by Gasteiger charge is -2.36. The predicted octanol–water partition coefficient (Wildman–Crippen LogP) is 4.95. The van der Waals surface area contributed by atoms with E-state index in [1.165, 1.54) is 17.8 Å². The molecule has 6 nitrogen and oxygen atoms in total. The summed E-state index contributed by atoms with van der Waals surface area (Å²) >= 11 is 7.98. The molecule has 1 aromatic carbocycles. The highest BCUT2D eigenvalue weighted by Gasteiger charge is 2.41. The molecule has 1 aromatic rings. The Kier molecular flexibility index (Phi) is 7.62. The second-order valence-electron chi connectivity index (χ2n) is 7.36. The molecule has 1 amide bonds. The number of carbonyl (C=O) groups excluding carboxylic acids is 2. The number of allylic oxidation sites excluding steroid dienone is 1. The van der Waals surface area contributed by atoms with Crippen LogP contribution in [0.25, 0.3) is 0 Å². The average molecular weight is 460 g/mol. The van der Waals surface area contributed by atoms with Crippen molar-refractivity contribution >= 4 is 40.4 Å². The summed E-state index contributed by atoms with van der Waals surface area (Å²) < 4.78 is 5.37. The van der Waals surface area contributed by atoms with Crippen LogP contribution in [0, 0.1) is 0 Å². The summed E-state index contributed by atoms with van der Waals surface area (Å²) in [6.45, 7) is 9.47. The van der Waals surface area contributed by atoms with Crippen LogP contribution in [0.3, 0.4) is 0 Å². The third-order valence-electron chi connectivity index (χ3n) is 5.11. The molecule has 0 fully saturated rings. The van der Waals surface area contributed by atoms with Crippen molar-refractivity contribution in [3.63, 3.8) is 0 Å². The summed E-state index contributed by atoms with van der Waals surface area (Å²) in [4.78, 5) is 32.1. The molecule has 0 saturated carbocycles. The number of fused-ring (bicyclic) bond motifs is 1. The Bertz CT molecular complexity index is 986. The fraction of sp³-hybridized carbons (Fsp3) is 0.348. The van der Waals surface area contributed by atoms with Gasteiger partial charge in [0.05, 0.1) is 23.7 Å². The normalized spacial score (nSPS) is 18.7. The molecular weight excluding hydrogens is 434 g/mol. The van der Waals surface area contributed by atoms with Crippen molar-refractivity contribution < 1.29 is 14.3 Å². The van der Waals surface area contributed by atoms with Crippen LogP contribution in [0.5, 0.6) is 0 Å². The molecule has 0 aromatic heterocycles. The summed E-state index contributed by atoms with van der Waals surface area (Å²) in [6, 6.07) is 6.91. The van der Waals surface area contributed by atoms with E-state index >= 15 is 0 Å². The smallest absolute Gasteiger partial charge is 0.338 e. The van der Waals surface area contributed by atoms with E-state index in [1.54, 1.807) is 13.0 Å². The fourth-order valence-electron chi connectivity index (χ4n) is 3.43. The molecule has 8 heteroatoms. The zero-order valence-corrected chi connectivity index (χ0v) is 19.4. The van der Waals surface area contributed by atoms with Crippen molar-refractivity contribution in [3.05, 3.63) is 69.9 Å². The monoisotopic (exact) mass is 459 g/mol. The van der Waals surface area contributed by atoms with Gasteiger partial charge in [0, 0.05) is 16.8 Å². The Labute approximate surface area is 192 Å². The number of nitrogens with zero attached hydrogens (tertiary/aromatic N) is 2. The van der Waals surface area contributed by atoms with E-state index in [0.717, 1.165) is 17.7 Å². The molecule has 0 unspecified atom stereocenters. The number of nitrogens with one attached hydrogen (secondary N) is 1. The Balaban J connectivity index is 2.01. The molecule has 31 heavy (non-hydrogen) atoms. The summed E-state index contributed by atoms with van der Waals surface area (Å²) in [5.41, 5.74) is 2.47.